The summed E-state index contributed by atoms with van der Waals surface area (Å²) < 4.78 is 31.4. The van der Waals surface area contributed by atoms with Crippen LogP contribution in [-0.4, -0.2) is 24.9 Å². The van der Waals surface area contributed by atoms with E-state index in [1.54, 1.807) is 19.1 Å². The molecule has 112 valence electrons. The topological polar surface area (TPSA) is 51.5 Å². The fourth-order valence-corrected chi connectivity index (χ4v) is 2.11. The summed E-state index contributed by atoms with van der Waals surface area (Å²) in [7, 11) is -0.835. The van der Waals surface area contributed by atoms with Crippen LogP contribution < -0.4 is 10.2 Å². The maximum Gasteiger partial charge on any atom is 0.497 e. The van der Waals surface area contributed by atoms with Crippen LogP contribution in [-0.2, 0) is 9.31 Å². The van der Waals surface area contributed by atoms with Crippen LogP contribution in [0.2, 0.25) is 0 Å². The van der Waals surface area contributed by atoms with E-state index < -0.39 is 24.1 Å². The highest BCUT2D eigenvalue weighted by Gasteiger charge is 2.52. The summed E-state index contributed by atoms with van der Waals surface area (Å²) in [5.41, 5.74) is -1.02. The number of ether oxygens (including phenoxy) is 1. The first-order valence-corrected chi connectivity index (χ1v) is 6.94. The summed E-state index contributed by atoms with van der Waals surface area (Å²) in [5, 5.41) is 9.15. The molecule has 1 saturated heterocycles. The maximum absolute atomic E-state index is 14.5. The van der Waals surface area contributed by atoms with Crippen LogP contribution in [0, 0.1) is 17.1 Å². The molecule has 6 heteroatoms. The minimum atomic E-state index is -0.835. The lowest BCUT2D eigenvalue weighted by molar-refractivity contribution is 0.00578. The van der Waals surface area contributed by atoms with Crippen molar-refractivity contribution in [2.24, 2.45) is 0 Å². The van der Waals surface area contributed by atoms with Gasteiger partial charge in [-0.3, -0.25) is 0 Å². The molecular formula is C15H19BFNO3. The molecule has 1 aliphatic heterocycles. The minimum absolute atomic E-state index is 0.121. The molecule has 0 saturated carbocycles. The highest BCUT2D eigenvalue weighted by atomic mass is 19.1. The van der Waals surface area contributed by atoms with E-state index in [1.807, 2.05) is 33.8 Å². The molecule has 21 heavy (non-hydrogen) atoms. The van der Waals surface area contributed by atoms with Crippen LogP contribution >= 0.6 is 0 Å². The lowest BCUT2D eigenvalue weighted by Gasteiger charge is -2.32. The molecule has 0 aliphatic carbocycles. The number of hydrogen-bond donors (Lipinski definition) is 0. The van der Waals surface area contributed by atoms with Gasteiger partial charge in [-0.05, 0) is 40.7 Å². The second-order valence-corrected chi connectivity index (χ2v) is 5.97. The third-order valence-corrected chi connectivity index (χ3v) is 4.05. The smallest absolute Gasteiger partial charge is 0.492 e. The van der Waals surface area contributed by atoms with Gasteiger partial charge in [0.25, 0.3) is 0 Å². The number of nitriles is 1. The van der Waals surface area contributed by atoms with Crippen LogP contribution in [0.15, 0.2) is 12.1 Å². The Kier molecular flexibility index (Phi) is 4.01. The van der Waals surface area contributed by atoms with Crippen LogP contribution in [0.1, 0.15) is 40.2 Å². The molecule has 0 atom stereocenters. The SMILES string of the molecule is CCOc1ccc(B2OC(C)(C)C(C)(C)O2)c(F)c1C#N. The Morgan fingerprint density at radius 2 is 1.81 bits per heavy atom. The van der Waals surface area contributed by atoms with Crippen molar-refractivity contribution < 1.29 is 18.4 Å². The molecule has 1 fully saturated rings. The zero-order valence-corrected chi connectivity index (χ0v) is 13.0. The molecule has 0 N–H and O–H groups in total. The van der Waals surface area contributed by atoms with Crippen LogP contribution in [0.5, 0.6) is 5.75 Å². The molecule has 0 bridgehead atoms. The summed E-state index contributed by atoms with van der Waals surface area (Å²) in [6.07, 6.45) is 0. The van der Waals surface area contributed by atoms with Gasteiger partial charge in [0, 0.05) is 5.46 Å². The standard InChI is InChI=1S/C15H19BFNO3/c1-6-19-12-8-7-11(13(17)10(12)9-18)16-20-14(2,3)15(4,5)21-16/h7-8H,6H2,1-5H3. The Balaban J connectivity index is 2.42. The first-order chi connectivity index (χ1) is 9.73. The van der Waals surface area contributed by atoms with Gasteiger partial charge in [0.05, 0.1) is 17.8 Å². The predicted octanol–water partition coefficient (Wildman–Crippen LogP) is 2.40. The quantitative estimate of drug-likeness (QED) is 0.802. The van der Waals surface area contributed by atoms with E-state index >= 15 is 0 Å². The van der Waals surface area contributed by atoms with Gasteiger partial charge >= 0.3 is 7.12 Å². The monoisotopic (exact) mass is 291 g/mol. The fourth-order valence-electron chi connectivity index (χ4n) is 2.11. The average molecular weight is 291 g/mol. The Morgan fingerprint density at radius 3 is 2.29 bits per heavy atom. The first-order valence-electron chi connectivity index (χ1n) is 6.94. The van der Waals surface area contributed by atoms with Gasteiger partial charge in [-0.25, -0.2) is 4.39 Å². The molecule has 1 aromatic carbocycles. The average Bonchev–Trinajstić information content (AvgIpc) is 2.59. The second-order valence-electron chi connectivity index (χ2n) is 5.97. The predicted molar refractivity (Wildman–Crippen MR) is 78.0 cm³/mol. The zero-order valence-electron chi connectivity index (χ0n) is 13.0. The Morgan fingerprint density at radius 1 is 1.24 bits per heavy atom. The highest BCUT2D eigenvalue weighted by molar-refractivity contribution is 6.62. The van der Waals surface area contributed by atoms with Crippen molar-refractivity contribution in [2.45, 2.75) is 45.8 Å². The van der Waals surface area contributed by atoms with Crippen molar-refractivity contribution in [1.82, 2.24) is 0 Å². The van der Waals surface area contributed by atoms with E-state index in [2.05, 4.69) is 0 Å². The van der Waals surface area contributed by atoms with Gasteiger partial charge in [0.2, 0.25) is 0 Å². The summed E-state index contributed by atoms with van der Waals surface area (Å²) in [6, 6.07) is 4.96. The molecule has 1 aliphatic rings. The normalized spacial score (nSPS) is 19.4. The Hall–Kier alpha value is -1.58. The molecule has 0 aromatic heterocycles. The van der Waals surface area contributed by atoms with Crippen molar-refractivity contribution in [3.63, 3.8) is 0 Å². The second kappa shape index (κ2) is 5.32. The largest absolute Gasteiger partial charge is 0.497 e. The third-order valence-electron chi connectivity index (χ3n) is 4.05. The van der Waals surface area contributed by atoms with Crippen molar-refractivity contribution >= 4 is 12.6 Å². The Labute approximate surface area is 125 Å². The van der Waals surface area contributed by atoms with E-state index in [0.717, 1.165) is 0 Å². The van der Waals surface area contributed by atoms with E-state index in [0.29, 0.717) is 6.61 Å². The number of halogens is 1. The van der Waals surface area contributed by atoms with Crippen LogP contribution in [0.4, 0.5) is 4.39 Å². The van der Waals surface area contributed by atoms with Crippen molar-refractivity contribution in [2.75, 3.05) is 6.61 Å². The van der Waals surface area contributed by atoms with E-state index in [-0.39, 0.29) is 16.8 Å². The van der Waals surface area contributed by atoms with E-state index in [4.69, 9.17) is 19.3 Å². The summed E-state index contributed by atoms with van der Waals surface area (Å²) in [6.45, 7) is 9.72. The van der Waals surface area contributed by atoms with Gasteiger partial charge in [-0.2, -0.15) is 5.26 Å². The van der Waals surface area contributed by atoms with Crippen molar-refractivity contribution in [1.29, 1.82) is 5.26 Å². The van der Waals surface area contributed by atoms with Gasteiger partial charge in [-0.15, -0.1) is 0 Å². The Bertz CT molecular complexity index is 579. The number of benzene rings is 1. The lowest BCUT2D eigenvalue weighted by Crippen LogP contribution is -2.41. The maximum atomic E-state index is 14.5. The number of rotatable bonds is 3. The summed E-state index contributed by atoms with van der Waals surface area (Å²) in [4.78, 5) is 0. The molecule has 1 aromatic rings. The van der Waals surface area contributed by atoms with Crippen LogP contribution in [0.25, 0.3) is 0 Å². The molecule has 0 unspecified atom stereocenters. The number of nitrogens with zero attached hydrogens (tertiary/aromatic N) is 1. The van der Waals surface area contributed by atoms with Crippen LogP contribution in [0.3, 0.4) is 0 Å². The minimum Gasteiger partial charge on any atom is -0.492 e. The van der Waals surface area contributed by atoms with E-state index in [9.17, 15) is 4.39 Å². The molecule has 0 spiro atoms. The van der Waals surface area contributed by atoms with Gasteiger partial charge in [0.15, 0.2) is 0 Å². The zero-order chi connectivity index (χ0) is 15.8. The summed E-state index contributed by atoms with van der Waals surface area (Å²) >= 11 is 0. The molecule has 1 heterocycles. The van der Waals surface area contributed by atoms with Gasteiger partial charge in [-0.1, -0.05) is 6.07 Å². The first kappa shape index (κ1) is 15.8. The fraction of sp³-hybridized carbons (Fsp3) is 0.533. The van der Waals surface area contributed by atoms with Gasteiger partial charge in [0.1, 0.15) is 23.2 Å². The molecular weight excluding hydrogens is 272 g/mol. The highest BCUT2D eigenvalue weighted by Crippen LogP contribution is 2.37. The van der Waals surface area contributed by atoms with Crippen molar-refractivity contribution in [3.05, 3.63) is 23.5 Å². The van der Waals surface area contributed by atoms with E-state index in [1.165, 1.54) is 0 Å². The molecule has 2 rings (SSSR count). The summed E-state index contributed by atoms with van der Waals surface area (Å²) in [5.74, 6) is -0.417. The van der Waals surface area contributed by atoms with Crippen molar-refractivity contribution in [3.8, 4) is 11.8 Å². The molecule has 0 radical (unpaired) electrons. The van der Waals surface area contributed by atoms with Gasteiger partial charge < -0.3 is 14.0 Å². The molecule has 0 amide bonds. The number of hydrogen-bond acceptors (Lipinski definition) is 4. The third kappa shape index (κ3) is 2.64. The molecule has 4 nitrogen and oxygen atoms in total. The lowest BCUT2D eigenvalue weighted by atomic mass is 9.77.